The van der Waals surface area contributed by atoms with Gasteiger partial charge in [-0.1, -0.05) is 0 Å². The van der Waals surface area contributed by atoms with Crippen molar-refractivity contribution in [2.75, 3.05) is 11.1 Å². The maximum absolute atomic E-state index is 11.7. The van der Waals surface area contributed by atoms with Gasteiger partial charge in [-0.25, -0.2) is 0 Å². The van der Waals surface area contributed by atoms with Gasteiger partial charge in [0, 0.05) is 11.8 Å². The molecule has 0 spiro atoms. The van der Waals surface area contributed by atoms with Crippen molar-refractivity contribution in [3.8, 4) is 5.75 Å². The summed E-state index contributed by atoms with van der Waals surface area (Å²) in [5, 5.41) is 18.1. The second-order valence-electron chi connectivity index (χ2n) is 3.20. The van der Waals surface area contributed by atoms with Crippen LogP contribution in [0.25, 0.3) is 0 Å². The number of phenolic OH excluding ortho intramolecular Hbond substituents is 1. The summed E-state index contributed by atoms with van der Waals surface area (Å²) < 4.78 is 0. The van der Waals surface area contributed by atoms with E-state index in [-0.39, 0.29) is 11.3 Å². The van der Waals surface area contributed by atoms with Crippen LogP contribution in [-0.2, 0) is 0 Å². The maximum Gasteiger partial charge on any atom is 0.259 e. The highest BCUT2D eigenvalue weighted by atomic mass is 16.3. The first-order chi connectivity index (χ1) is 7.66. The van der Waals surface area contributed by atoms with E-state index in [0.717, 1.165) is 0 Å². The third kappa shape index (κ3) is 1.95. The minimum atomic E-state index is -0.405. The number of benzene rings is 1. The van der Waals surface area contributed by atoms with Crippen molar-refractivity contribution in [1.29, 1.82) is 0 Å². The molecular weight excluding hydrogens is 208 g/mol. The van der Waals surface area contributed by atoms with E-state index in [0.29, 0.717) is 11.5 Å². The summed E-state index contributed by atoms with van der Waals surface area (Å²) in [5.41, 5.74) is 6.14. The summed E-state index contributed by atoms with van der Waals surface area (Å²) >= 11 is 0. The summed E-state index contributed by atoms with van der Waals surface area (Å²) in [4.78, 5) is 11.7. The van der Waals surface area contributed by atoms with Gasteiger partial charge in [-0.2, -0.15) is 5.10 Å². The molecule has 0 aliphatic heterocycles. The molecule has 0 unspecified atom stereocenters. The first-order valence-corrected chi connectivity index (χ1v) is 4.56. The number of carbonyl (C=O) groups excluding carboxylic acids is 1. The Bertz CT molecular complexity index is 508. The minimum absolute atomic E-state index is 0.0102. The number of rotatable bonds is 2. The smallest absolute Gasteiger partial charge is 0.259 e. The molecule has 1 amide bonds. The normalized spacial score (nSPS) is 10.0. The van der Waals surface area contributed by atoms with E-state index in [1.165, 1.54) is 24.4 Å². The molecule has 2 rings (SSSR count). The Labute approximate surface area is 91.1 Å². The number of nitrogens with zero attached hydrogens (tertiary/aromatic N) is 1. The molecule has 1 aromatic carbocycles. The predicted molar refractivity (Wildman–Crippen MR) is 59.1 cm³/mol. The van der Waals surface area contributed by atoms with E-state index in [9.17, 15) is 9.90 Å². The molecule has 1 aromatic heterocycles. The number of nitrogens with two attached hydrogens (primary N) is 1. The van der Waals surface area contributed by atoms with Crippen LogP contribution in [0.4, 0.5) is 11.5 Å². The second-order valence-corrected chi connectivity index (χ2v) is 3.20. The quantitative estimate of drug-likeness (QED) is 0.445. The van der Waals surface area contributed by atoms with Gasteiger partial charge >= 0.3 is 0 Å². The molecule has 0 saturated heterocycles. The SMILES string of the molecule is Nc1ccc(O)cc1C(=O)Nc1ccn[nH]1. The number of amides is 1. The molecule has 0 radical (unpaired) electrons. The highest BCUT2D eigenvalue weighted by molar-refractivity contribution is 6.07. The summed E-state index contributed by atoms with van der Waals surface area (Å²) in [7, 11) is 0. The summed E-state index contributed by atoms with van der Waals surface area (Å²) in [6.07, 6.45) is 1.52. The molecule has 6 heteroatoms. The number of anilines is 2. The van der Waals surface area contributed by atoms with Crippen LogP contribution in [0.5, 0.6) is 5.75 Å². The third-order valence-corrected chi connectivity index (χ3v) is 2.03. The fourth-order valence-corrected chi connectivity index (χ4v) is 1.26. The number of carbonyl (C=O) groups is 1. The standard InChI is InChI=1S/C10H10N4O2/c11-8-2-1-6(15)5-7(8)10(16)13-9-3-4-12-14-9/h1-5,15H,11H2,(H2,12,13,14,16). The zero-order valence-electron chi connectivity index (χ0n) is 8.27. The average Bonchev–Trinajstić information content (AvgIpc) is 2.74. The molecule has 2 aromatic rings. The molecule has 0 aliphatic carbocycles. The van der Waals surface area contributed by atoms with Crippen LogP contribution in [-0.4, -0.2) is 21.2 Å². The number of aromatic amines is 1. The van der Waals surface area contributed by atoms with E-state index in [1.54, 1.807) is 6.07 Å². The lowest BCUT2D eigenvalue weighted by Gasteiger charge is -2.05. The van der Waals surface area contributed by atoms with Crippen LogP contribution < -0.4 is 11.1 Å². The number of H-pyrrole nitrogens is 1. The molecule has 0 bridgehead atoms. The van der Waals surface area contributed by atoms with Crippen LogP contribution in [0.3, 0.4) is 0 Å². The summed E-state index contributed by atoms with van der Waals surface area (Å²) in [6.45, 7) is 0. The van der Waals surface area contributed by atoms with Gasteiger partial charge in [0.1, 0.15) is 11.6 Å². The number of phenols is 1. The number of nitrogen functional groups attached to an aromatic ring is 1. The molecule has 16 heavy (non-hydrogen) atoms. The van der Waals surface area contributed by atoms with E-state index in [4.69, 9.17) is 5.73 Å². The molecule has 1 heterocycles. The van der Waals surface area contributed by atoms with Gasteiger partial charge in [0.15, 0.2) is 0 Å². The third-order valence-electron chi connectivity index (χ3n) is 2.03. The molecule has 5 N–H and O–H groups in total. The lowest BCUT2D eigenvalue weighted by molar-refractivity contribution is 0.102. The first-order valence-electron chi connectivity index (χ1n) is 4.56. The van der Waals surface area contributed by atoms with E-state index >= 15 is 0 Å². The van der Waals surface area contributed by atoms with Crippen molar-refractivity contribution < 1.29 is 9.90 Å². The zero-order valence-corrected chi connectivity index (χ0v) is 8.27. The van der Waals surface area contributed by atoms with Crippen molar-refractivity contribution in [3.63, 3.8) is 0 Å². The van der Waals surface area contributed by atoms with Crippen molar-refractivity contribution in [1.82, 2.24) is 10.2 Å². The molecule has 0 saturated carbocycles. The van der Waals surface area contributed by atoms with Crippen LogP contribution >= 0.6 is 0 Å². The highest BCUT2D eigenvalue weighted by Crippen LogP contribution is 2.19. The number of nitrogens with one attached hydrogen (secondary N) is 2. The fourth-order valence-electron chi connectivity index (χ4n) is 1.26. The Morgan fingerprint density at radius 2 is 2.25 bits per heavy atom. The van der Waals surface area contributed by atoms with E-state index in [2.05, 4.69) is 15.5 Å². The zero-order chi connectivity index (χ0) is 11.5. The van der Waals surface area contributed by atoms with Crippen LogP contribution in [0.15, 0.2) is 30.5 Å². The summed E-state index contributed by atoms with van der Waals surface area (Å²) in [6, 6.07) is 5.80. The number of aromatic nitrogens is 2. The molecular formula is C10H10N4O2. The number of aromatic hydroxyl groups is 1. The average molecular weight is 218 g/mol. The van der Waals surface area contributed by atoms with Gasteiger partial charge in [0.25, 0.3) is 5.91 Å². The Kier molecular flexibility index (Phi) is 2.47. The van der Waals surface area contributed by atoms with Crippen LogP contribution in [0.1, 0.15) is 10.4 Å². The van der Waals surface area contributed by atoms with Crippen LogP contribution in [0.2, 0.25) is 0 Å². The van der Waals surface area contributed by atoms with Crippen molar-refractivity contribution >= 4 is 17.4 Å². The largest absolute Gasteiger partial charge is 0.508 e. The van der Waals surface area contributed by atoms with Gasteiger partial charge in [0.2, 0.25) is 0 Å². The fraction of sp³-hybridized carbons (Fsp3) is 0. The van der Waals surface area contributed by atoms with Gasteiger partial charge in [-0.05, 0) is 18.2 Å². The van der Waals surface area contributed by atoms with Gasteiger partial charge in [-0.3, -0.25) is 9.89 Å². The van der Waals surface area contributed by atoms with Gasteiger partial charge in [-0.15, -0.1) is 0 Å². The minimum Gasteiger partial charge on any atom is -0.508 e. The number of hydrogen-bond acceptors (Lipinski definition) is 4. The molecule has 0 fully saturated rings. The molecule has 6 nitrogen and oxygen atoms in total. The topological polar surface area (TPSA) is 104 Å². The molecule has 0 atom stereocenters. The Balaban J connectivity index is 2.24. The second kappa shape index (κ2) is 3.93. The Morgan fingerprint density at radius 1 is 1.44 bits per heavy atom. The first kappa shape index (κ1) is 10.0. The van der Waals surface area contributed by atoms with Gasteiger partial charge < -0.3 is 16.2 Å². The van der Waals surface area contributed by atoms with Crippen molar-refractivity contribution in [3.05, 3.63) is 36.0 Å². The maximum atomic E-state index is 11.7. The van der Waals surface area contributed by atoms with Gasteiger partial charge in [0.05, 0.1) is 11.8 Å². The summed E-state index contributed by atoms with van der Waals surface area (Å²) in [5.74, 6) is 0.0503. The number of hydrogen-bond donors (Lipinski definition) is 4. The highest BCUT2D eigenvalue weighted by Gasteiger charge is 2.11. The monoisotopic (exact) mass is 218 g/mol. The lowest BCUT2D eigenvalue weighted by atomic mass is 10.1. The van der Waals surface area contributed by atoms with Crippen LogP contribution in [0, 0.1) is 0 Å². The Morgan fingerprint density at radius 3 is 2.94 bits per heavy atom. The molecule has 0 aliphatic rings. The van der Waals surface area contributed by atoms with Crippen molar-refractivity contribution in [2.45, 2.75) is 0 Å². The van der Waals surface area contributed by atoms with E-state index < -0.39 is 5.91 Å². The molecule has 82 valence electrons. The van der Waals surface area contributed by atoms with E-state index in [1.807, 2.05) is 0 Å². The Hall–Kier alpha value is -2.50. The van der Waals surface area contributed by atoms with Crippen molar-refractivity contribution in [2.24, 2.45) is 0 Å². The lowest BCUT2D eigenvalue weighted by Crippen LogP contribution is -2.14. The predicted octanol–water partition coefficient (Wildman–Crippen LogP) is 0.950.